The third kappa shape index (κ3) is 2.91. The first-order valence-electron chi connectivity index (χ1n) is 9.07. The van der Waals surface area contributed by atoms with Crippen molar-refractivity contribution in [2.24, 2.45) is 11.8 Å². The van der Waals surface area contributed by atoms with Crippen LogP contribution >= 0.6 is 0 Å². The van der Waals surface area contributed by atoms with Gasteiger partial charge in [0.15, 0.2) is 9.84 Å². The molecule has 0 aromatic heterocycles. The summed E-state index contributed by atoms with van der Waals surface area (Å²) in [6.45, 7) is 5.74. The number of benzene rings is 1. The lowest BCUT2D eigenvalue weighted by Gasteiger charge is -2.50. The van der Waals surface area contributed by atoms with E-state index < -0.39 is 14.6 Å². The molecule has 0 radical (unpaired) electrons. The number of sulfone groups is 1. The summed E-state index contributed by atoms with van der Waals surface area (Å²) in [7, 11) is -2.99. The molecule has 3 fully saturated rings. The van der Waals surface area contributed by atoms with E-state index in [1.165, 1.54) is 24.0 Å². The summed E-state index contributed by atoms with van der Waals surface area (Å²) in [5.41, 5.74) is 2.57. The van der Waals surface area contributed by atoms with Crippen molar-refractivity contribution in [3.05, 3.63) is 35.4 Å². The summed E-state index contributed by atoms with van der Waals surface area (Å²) in [6, 6.07) is 8.36. The standard InChI is InChI=1S/C19H27NO3S/c1-15-4-2-3-5-17(15)10-20-13-19(14-20)18(8-9-24(19,21)22)12-23-11-16-6-7-16/h2-5,16,18H,6-14H2,1H3/t18-/m0/s1. The number of ether oxygens (including phenoxy) is 1. The second-order valence-corrected chi connectivity index (χ2v) is 10.4. The first-order valence-corrected chi connectivity index (χ1v) is 10.7. The summed E-state index contributed by atoms with van der Waals surface area (Å²) in [5, 5.41) is 0. The van der Waals surface area contributed by atoms with Gasteiger partial charge >= 0.3 is 0 Å². The van der Waals surface area contributed by atoms with E-state index >= 15 is 0 Å². The van der Waals surface area contributed by atoms with Gasteiger partial charge in [-0.15, -0.1) is 0 Å². The van der Waals surface area contributed by atoms with Crippen molar-refractivity contribution >= 4 is 9.84 Å². The van der Waals surface area contributed by atoms with Gasteiger partial charge in [0.05, 0.1) is 12.4 Å². The van der Waals surface area contributed by atoms with E-state index in [4.69, 9.17) is 4.74 Å². The zero-order valence-corrected chi connectivity index (χ0v) is 15.2. The number of likely N-dealkylation sites (tertiary alicyclic amines) is 1. The van der Waals surface area contributed by atoms with Gasteiger partial charge in [-0.25, -0.2) is 8.42 Å². The molecule has 1 saturated carbocycles. The van der Waals surface area contributed by atoms with Gasteiger partial charge in [-0.3, -0.25) is 4.90 Å². The van der Waals surface area contributed by atoms with Gasteiger partial charge in [0, 0.05) is 32.2 Å². The average molecular weight is 349 g/mol. The van der Waals surface area contributed by atoms with Gasteiger partial charge in [-0.05, 0) is 43.2 Å². The average Bonchev–Trinajstić information content (AvgIpc) is 3.28. The first-order chi connectivity index (χ1) is 11.5. The Hall–Kier alpha value is -0.910. The van der Waals surface area contributed by atoms with E-state index in [-0.39, 0.29) is 5.92 Å². The second kappa shape index (κ2) is 6.11. The molecule has 1 aromatic carbocycles. The van der Waals surface area contributed by atoms with Crippen LogP contribution in [0.4, 0.5) is 0 Å². The molecule has 5 heteroatoms. The summed E-state index contributed by atoms with van der Waals surface area (Å²) in [5.74, 6) is 1.25. The van der Waals surface area contributed by atoms with Crippen molar-refractivity contribution in [3.8, 4) is 0 Å². The lowest BCUT2D eigenvalue weighted by molar-refractivity contribution is 0.0226. The summed E-state index contributed by atoms with van der Waals surface area (Å²) in [4.78, 5) is 2.28. The van der Waals surface area contributed by atoms with Crippen LogP contribution in [0.3, 0.4) is 0 Å². The molecule has 1 aliphatic carbocycles. The van der Waals surface area contributed by atoms with E-state index in [0.29, 0.717) is 25.4 Å². The van der Waals surface area contributed by atoms with E-state index in [1.807, 2.05) is 6.07 Å². The Bertz CT molecular complexity index is 705. The van der Waals surface area contributed by atoms with E-state index in [9.17, 15) is 8.42 Å². The molecule has 1 spiro atoms. The molecule has 4 rings (SSSR count). The first kappa shape index (κ1) is 16.6. The van der Waals surface area contributed by atoms with E-state index in [1.54, 1.807) is 0 Å². The third-order valence-corrected chi connectivity index (χ3v) is 8.71. The van der Waals surface area contributed by atoms with Gasteiger partial charge in [-0.2, -0.15) is 0 Å². The molecule has 3 aliphatic rings. The van der Waals surface area contributed by atoms with E-state index in [2.05, 4.69) is 30.0 Å². The fraction of sp³-hybridized carbons (Fsp3) is 0.684. The number of nitrogens with zero attached hydrogens (tertiary/aromatic N) is 1. The number of rotatable bonds is 6. The zero-order chi connectivity index (χ0) is 16.8. The molecule has 132 valence electrons. The fourth-order valence-corrected chi connectivity index (χ4v) is 6.67. The quantitative estimate of drug-likeness (QED) is 0.791. The number of hydrogen-bond acceptors (Lipinski definition) is 4. The molecule has 1 aromatic rings. The second-order valence-electron chi connectivity index (χ2n) is 7.92. The molecule has 0 amide bonds. The van der Waals surface area contributed by atoms with Crippen molar-refractivity contribution in [2.45, 2.75) is 37.5 Å². The molecule has 24 heavy (non-hydrogen) atoms. The number of aryl methyl sites for hydroxylation is 1. The molecule has 0 unspecified atom stereocenters. The molecular weight excluding hydrogens is 322 g/mol. The summed E-state index contributed by atoms with van der Waals surface area (Å²) >= 11 is 0. The Labute approximate surface area is 145 Å². The van der Waals surface area contributed by atoms with Crippen LogP contribution in [0, 0.1) is 18.8 Å². The van der Waals surface area contributed by atoms with Gasteiger partial charge in [0.2, 0.25) is 0 Å². The van der Waals surface area contributed by atoms with Crippen molar-refractivity contribution in [2.75, 3.05) is 32.1 Å². The van der Waals surface area contributed by atoms with Crippen LogP contribution in [0.25, 0.3) is 0 Å². The highest BCUT2D eigenvalue weighted by atomic mass is 32.2. The highest BCUT2D eigenvalue weighted by Crippen LogP contribution is 2.45. The summed E-state index contributed by atoms with van der Waals surface area (Å²) < 4.78 is 30.6. The highest BCUT2D eigenvalue weighted by Gasteiger charge is 2.61. The van der Waals surface area contributed by atoms with Crippen LogP contribution in [-0.4, -0.2) is 50.1 Å². The maximum Gasteiger partial charge on any atom is 0.158 e. The normalized spacial score (nSPS) is 28.1. The van der Waals surface area contributed by atoms with Crippen molar-refractivity contribution < 1.29 is 13.2 Å². The van der Waals surface area contributed by atoms with Gasteiger partial charge in [-0.1, -0.05) is 24.3 Å². The largest absolute Gasteiger partial charge is 0.381 e. The maximum atomic E-state index is 12.7. The van der Waals surface area contributed by atoms with Crippen molar-refractivity contribution in [1.29, 1.82) is 0 Å². The van der Waals surface area contributed by atoms with Crippen LogP contribution in [-0.2, 0) is 21.1 Å². The lowest BCUT2D eigenvalue weighted by atomic mass is 9.83. The van der Waals surface area contributed by atoms with Crippen molar-refractivity contribution in [1.82, 2.24) is 4.90 Å². The minimum Gasteiger partial charge on any atom is -0.381 e. The van der Waals surface area contributed by atoms with Gasteiger partial charge in [0.25, 0.3) is 0 Å². The molecule has 2 heterocycles. The Morgan fingerprint density at radius 2 is 1.92 bits per heavy atom. The Kier molecular flexibility index (Phi) is 4.22. The maximum absolute atomic E-state index is 12.7. The highest BCUT2D eigenvalue weighted by molar-refractivity contribution is 7.93. The molecule has 4 nitrogen and oxygen atoms in total. The predicted molar refractivity (Wildman–Crippen MR) is 94.6 cm³/mol. The van der Waals surface area contributed by atoms with Crippen LogP contribution in [0.5, 0.6) is 0 Å². The van der Waals surface area contributed by atoms with Crippen LogP contribution in [0.15, 0.2) is 24.3 Å². The molecule has 1 atom stereocenters. The molecule has 2 saturated heterocycles. The SMILES string of the molecule is Cc1ccccc1CN1CC2(C1)[C@H](COCC1CC1)CCS2(=O)=O. The minimum absolute atomic E-state index is 0.175. The third-order valence-electron chi connectivity index (χ3n) is 6.11. The Balaban J connectivity index is 1.40. The van der Waals surface area contributed by atoms with Gasteiger partial charge < -0.3 is 4.74 Å². The monoisotopic (exact) mass is 349 g/mol. The minimum atomic E-state index is -2.99. The predicted octanol–water partition coefficient (Wildman–Crippen LogP) is 2.41. The smallest absolute Gasteiger partial charge is 0.158 e. The van der Waals surface area contributed by atoms with Crippen molar-refractivity contribution in [3.63, 3.8) is 0 Å². The lowest BCUT2D eigenvalue weighted by Crippen LogP contribution is -2.67. The Morgan fingerprint density at radius 3 is 2.62 bits per heavy atom. The van der Waals surface area contributed by atoms with Crippen LogP contribution in [0.1, 0.15) is 30.4 Å². The summed E-state index contributed by atoms with van der Waals surface area (Å²) in [6.07, 6.45) is 3.32. The fourth-order valence-electron chi connectivity index (χ4n) is 4.22. The number of hydrogen-bond donors (Lipinski definition) is 0. The molecular formula is C19H27NO3S. The molecule has 0 bridgehead atoms. The topological polar surface area (TPSA) is 46.6 Å². The Morgan fingerprint density at radius 1 is 1.17 bits per heavy atom. The van der Waals surface area contributed by atoms with Crippen LogP contribution in [0.2, 0.25) is 0 Å². The zero-order valence-electron chi connectivity index (χ0n) is 14.4. The van der Waals surface area contributed by atoms with E-state index in [0.717, 1.165) is 25.5 Å². The van der Waals surface area contributed by atoms with Gasteiger partial charge in [0.1, 0.15) is 4.75 Å². The molecule has 0 N–H and O–H groups in total. The van der Waals surface area contributed by atoms with Crippen LogP contribution < -0.4 is 0 Å². The molecule has 2 aliphatic heterocycles.